The van der Waals surface area contributed by atoms with E-state index >= 15 is 0 Å². The van der Waals surface area contributed by atoms with Crippen molar-refractivity contribution in [1.29, 1.82) is 0 Å². The van der Waals surface area contributed by atoms with E-state index in [2.05, 4.69) is 0 Å². The molecule has 0 amide bonds. The summed E-state index contributed by atoms with van der Waals surface area (Å²) < 4.78 is 16.8. The lowest BCUT2D eigenvalue weighted by Gasteiger charge is -2.28. The maximum Gasteiger partial charge on any atom is 0.321 e. The molecule has 1 rings (SSSR count). The predicted octanol–water partition coefficient (Wildman–Crippen LogP) is 5.19. The molecule has 0 heterocycles. The Hall–Kier alpha value is -2.94. The van der Waals surface area contributed by atoms with Gasteiger partial charge in [-0.1, -0.05) is 74.8 Å². The smallest absolute Gasteiger partial charge is 0.321 e. The lowest BCUT2D eigenvalue weighted by Crippen LogP contribution is -2.41. The van der Waals surface area contributed by atoms with E-state index in [1.165, 1.54) is 12.1 Å². The van der Waals surface area contributed by atoms with Gasteiger partial charge in [-0.15, -0.1) is 0 Å². The van der Waals surface area contributed by atoms with Crippen molar-refractivity contribution in [3.05, 3.63) is 23.8 Å². The van der Waals surface area contributed by atoms with Gasteiger partial charge in [0.1, 0.15) is 6.04 Å². The molecular weight excluding hydrogens is 502 g/mol. The first kappa shape index (κ1) is 34.1. The Labute approximate surface area is 232 Å². The number of hydrogen-bond acceptors (Lipinski definition) is 8. The molecule has 0 saturated heterocycles. The minimum Gasteiger partial charge on any atom is -0.480 e. The highest BCUT2D eigenvalue weighted by Gasteiger charge is 2.33. The molecule has 0 spiro atoms. The van der Waals surface area contributed by atoms with E-state index in [4.69, 9.17) is 19.9 Å². The standard InChI is InChI=1S/C30H47NO8/c1-10-11-18(6)28(34)37-15-19(7)25(26(31)27(32)33)22-12-13-23(38-29(35)20(8)16(2)3)24(14-22)39-30(36)21(9)17(4)5/h12-14,16-21,25-26H,10-11,15,31H2,1-9H3,(H,32,33)/t18?,19?,20?,21?,25?,26-/m0/s1. The lowest BCUT2D eigenvalue weighted by molar-refractivity contribution is -0.150. The summed E-state index contributed by atoms with van der Waals surface area (Å²) in [5.74, 6) is -4.88. The van der Waals surface area contributed by atoms with E-state index in [-0.39, 0.29) is 41.8 Å². The normalized spacial score (nSPS) is 16.1. The highest BCUT2D eigenvalue weighted by Crippen LogP contribution is 2.37. The second-order valence-electron chi connectivity index (χ2n) is 11.3. The zero-order chi connectivity index (χ0) is 30.0. The quantitative estimate of drug-likeness (QED) is 0.223. The number of nitrogens with two attached hydrogens (primary N) is 1. The Morgan fingerprint density at radius 1 is 0.821 bits per heavy atom. The molecule has 1 aromatic carbocycles. The third-order valence-corrected chi connectivity index (χ3v) is 7.41. The van der Waals surface area contributed by atoms with E-state index in [0.29, 0.717) is 12.0 Å². The minimum absolute atomic E-state index is 0.00217. The molecule has 6 atom stereocenters. The molecule has 5 unspecified atom stereocenters. The second-order valence-corrected chi connectivity index (χ2v) is 11.3. The van der Waals surface area contributed by atoms with Crippen LogP contribution in [0.15, 0.2) is 18.2 Å². The summed E-state index contributed by atoms with van der Waals surface area (Å²) in [5.41, 5.74) is 6.56. The average molecular weight is 550 g/mol. The van der Waals surface area contributed by atoms with Gasteiger partial charge in [-0.05, 0) is 41.9 Å². The van der Waals surface area contributed by atoms with Gasteiger partial charge in [0.2, 0.25) is 0 Å². The summed E-state index contributed by atoms with van der Waals surface area (Å²) in [5, 5.41) is 9.75. The molecular formula is C30H47NO8. The van der Waals surface area contributed by atoms with Gasteiger partial charge in [0.05, 0.1) is 24.4 Å². The van der Waals surface area contributed by atoms with E-state index in [1.807, 2.05) is 34.6 Å². The number of esters is 3. The number of carboxylic acid groups (broad SMARTS) is 1. The van der Waals surface area contributed by atoms with Crippen molar-refractivity contribution in [1.82, 2.24) is 0 Å². The second kappa shape index (κ2) is 15.6. The van der Waals surface area contributed by atoms with Crippen LogP contribution in [0.2, 0.25) is 0 Å². The Balaban J connectivity index is 3.45. The molecule has 220 valence electrons. The summed E-state index contributed by atoms with van der Waals surface area (Å²) in [6.07, 6.45) is 1.52. The molecule has 0 fully saturated rings. The molecule has 9 heteroatoms. The van der Waals surface area contributed by atoms with Crippen molar-refractivity contribution in [3.63, 3.8) is 0 Å². The minimum atomic E-state index is -1.33. The van der Waals surface area contributed by atoms with Crippen LogP contribution in [0.1, 0.15) is 86.6 Å². The number of hydrogen-bond donors (Lipinski definition) is 2. The average Bonchev–Trinajstić information content (AvgIpc) is 2.87. The monoisotopic (exact) mass is 549 g/mol. The van der Waals surface area contributed by atoms with Crippen molar-refractivity contribution >= 4 is 23.9 Å². The third-order valence-electron chi connectivity index (χ3n) is 7.41. The fourth-order valence-electron chi connectivity index (χ4n) is 3.90. The van der Waals surface area contributed by atoms with Gasteiger partial charge >= 0.3 is 23.9 Å². The van der Waals surface area contributed by atoms with Crippen molar-refractivity contribution in [2.45, 2.75) is 87.1 Å². The Bertz CT molecular complexity index is 989. The van der Waals surface area contributed by atoms with Crippen LogP contribution in [0.25, 0.3) is 0 Å². The SMILES string of the molecule is CCCC(C)C(=O)OCC(C)C(c1ccc(OC(=O)C(C)C(C)C)c(OC(=O)C(C)C(C)C)c1)[C@H](N)C(=O)O. The molecule has 3 N–H and O–H groups in total. The van der Waals surface area contributed by atoms with Gasteiger partial charge in [0.15, 0.2) is 11.5 Å². The number of benzene rings is 1. The van der Waals surface area contributed by atoms with Crippen LogP contribution < -0.4 is 15.2 Å². The molecule has 39 heavy (non-hydrogen) atoms. The van der Waals surface area contributed by atoms with Gasteiger partial charge in [0.25, 0.3) is 0 Å². The summed E-state index contributed by atoms with van der Waals surface area (Å²) in [6, 6.07) is 3.22. The maximum absolute atomic E-state index is 12.8. The zero-order valence-electron chi connectivity index (χ0n) is 24.9. The summed E-state index contributed by atoms with van der Waals surface area (Å²) >= 11 is 0. The van der Waals surface area contributed by atoms with Crippen molar-refractivity contribution in [2.24, 2.45) is 41.2 Å². The fourth-order valence-corrected chi connectivity index (χ4v) is 3.90. The van der Waals surface area contributed by atoms with E-state index in [1.54, 1.807) is 33.8 Å². The molecule has 0 aliphatic carbocycles. The topological polar surface area (TPSA) is 142 Å². The first-order valence-electron chi connectivity index (χ1n) is 13.8. The Morgan fingerprint density at radius 3 is 1.79 bits per heavy atom. The Kier molecular flexibility index (Phi) is 13.6. The highest BCUT2D eigenvalue weighted by molar-refractivity contribution is 5.79. The first-order chi connectivity index (χ1) is 18.1. The fraction of sp³-hybridized carbons (Fsp3) is 0.667. The van der Waals surface area contributed by atoms with Crippen LogP contribution in [0.4, 0.5) is 0 Å². The number of aliphatic carboxylic acids is 1. The van der Waals surface area contributed by atoms with Gasteiger partial charge < -0.3 is 25.1 Å². The van der Waals surface area contributed by atoms with Gasteiger partial charge in [-0.3, -0.25) is 19.2 Å². The van der Waals surface area contributed by atoms with E-state index in [0.717, 1.165) is 6.42 Å². The van der Waals surface area contributed by atoms with Crippen LogP contribution in [0.3, 0.4) is 0 Å². The first-order valence-corrected chi connectivity index (χ1v) is 13.8. The van der Waals surface area contributed by atoms with Gasteiger partial charge in [-0.2, -0.15) is 0 Å². The number of carbonyl (C=O) groups excluding carboxylic acids is 3. The lowest BCUT2D eigenvalue weighted by atomic mass is 9.82. The number of rotatable bonds is 15. The van der Waals surface area contributed by atoms with Crippen molar-refractivity contribution < 1.29 is 38.5 Å². The van der Waals surface area contributed by atoms with Crippen LogP contribution in [-0.4, -0.2) is 41.6 Å². The van der Waals surface area contributed by atoms with Crippen molar-refractivity contribution in [3.8, 4) is 11.5 Å². The number of ether oxygens (including phenoxy) is 3. The number of carboxylic acids is 1. The van der Waals surface area contributed by atoms with Gasteiger partial charge in [-0.25, -0.2) is 0 Å². The summed E-state index contributed by atoms with van der Waals surface area (Å²) in [4.78, 5) is 49.9. The van der Waals surface area contributed by atoms with Crippen molar-refractivity contribution in [2.75, 3.05) is 6.61 Å². The molecule has 9 nitrogen and oxygen atoms in total. The van der Waals surface area contributed by atoms with Crippen LogP contribution in [-0.2, 0) is 23.9 Å². The van der Waals surface area contributed by atoms with Gasteiger partial charge in [0, 0.05) is 5.92 Å². The molecule has 0 radical (unpaired) electrons. The summed E-state index contributed by atoms with van der Waals surface area (Å²) in [7, 11) is 0. The van der Waals surface area contributed by atoms with E-state index < -0.39 is 47.6 Å². The molecule has 0 aromatic heterocycles. The molecule has 1 aromatic rings. The molecule has 0 bridgehead atoms. The largest absolute Gasteiger partial charge is 0.480 e. The van der Waals surface area contributed by atoms with Crippen LogP contribution in [0, 0.1) is 35.5 Å². The van der Waals surface area contributed by atoms with E-state index in [9.17, 15) is 24.3 Å². The number of carbonyl (C=O) groups is 4. The molecule has 0 aliphatic rings. The Morgan fingerprint density at radius 2 is 1.33 bits per heavy atom. The predicted molar refractivity (Wildman–Crippen MR) is 148 cm³/mol. The maximum atomic E-state index is 12.8. The molecule has 0 saturated carbocycles. The highest BCUT2D eigenvalue weighted by atomic mass is 16.6. The zero-order valence-corrected chi connectivity index (χ0v) is 24.9. The molecule has 0 aliphatic heterocycles. The van der Waals surface area contributed by atoms with Crippen LogP contribution in [0.5, 0.6) is 11.5 Å². The van der Waals surface area contributed by atoms with Crippen LogP contribution >= 0.6 is 0 Å². The third kappa shape index (κ3) is 9.95. The summed E-state index contributed by atoms with van der Waals surface area (Å²) in [6.45, 7) is 16.5.